The highest BCUT2D eigenvalue weighted by Gasteiger charge is 2.21. The van der Waals surface area contributed by atoms with Gasteiger partial charge in [0.2, 0.25) is 0 Å². The molecule has 0 spiro atoms. The van der Waals surface area contributed by atoms with Gasteiger partial charge in [-0.3, -0.25) is 0 Å². The lowest BCUT2D eigenvalue weighted by Crippen LogP contribution is -2.32. The SMILES string of the molecule is Cc1cc(CNC(=O)OC(C)(C)C)ccc1NC1CC1. The van der Waals surface area contributed by atoms with Crippen molar-refractivity contribution in [2.45, 2.75) is 58.7 Å². The Morgan fingerprint density at radius 1 is 1.35 bits per heavy atom. The minimum absolute atomic E-state index is 0.379. The molecule has 0 radical (unpaired) electrons. The monoisotopic (exact) mass is 276 g/mol. The van der Waals surface area contributed by atoms with E-state index in [1.807, 2.05) is 26.8 Å². The molecule has 2 rings (SSSR count). The summed E-state index contributed by atoms with van der Waals surface area (Å²) >= 11 is 0. The number of ether oxygens (including phenoxy) is 1. The number of anilines is 1. The van der Waals surface area contributed by atoms with Crippen molar-refractivity contribution in [3.8, 4) is 0 Å². The van der Waals surface area contributed by atoms with E-state index in [1.165, 1.54) is 24.1 Å². The quantitative estimate of drug-likeness (QED) is 0.883. The van der Waals surface area contributed by atoms with Crippen molar-refractivity contribution >= 4 is 11.8 Å². The minimum Gasteiger partial charge on any atom is -0.444 e. The van der Waals surface area contributed by atoms with E-state index in [4.69, 9.17) is 4.74 Å². The predicted molar refractivity (Wildman–Crippen MR) is 80.9 cm³/mol. The predicted octanol–water partition coefficient (Wildman–Crippen LogP) is 3.59. The van der Waals surface area contributed by atoms with E-state index in [0.29, 0.717) is 12.6 Å². The minimum atomic E-state index is -0.460. The maximum Gasteiger partial charge on any atom is 0.407 e. The fourth-order valence-electron chi connectivity index (χ4n) is 1.93. The highest BCUT2D eigenvalue weighted by Crippen LogP contribution is 2.26. The van der Waals surface area contributed by atoms with Crippen molar-refractivity contribution in [1.29, 1.82) is 0 Å². The van der Waals surface area contributed by atoms with Gasteiger partial charge in [-0.15, -0.1) is 0 Å². The topological polar surface area (TPSA) is 50.4 Å². The lowest BCUT2D eigenvalue weighted by Gasteiger charge is -2.19. The van der Waals surface area contributed by atoms with E-state index in [0.717, 1.165) is 5.56 Å². The van der Waals surface area contributed by atoms with Gasteiger partial charge in [-0.2, -0.15) is 0 Å². The fraction of sp³-hybridized carbons (Fsp3) is 0.562. The second kappa shape index (κ2) is 5.73. The number of carbonyl (C=O) groups excluding carboxylic acids is 1. The van der Waals surface area contributed by atoms with E-state index in [2.05, 4.69) is 29.7 Å². The second-order valence-electron chi connectivity index (χ2n) is 6.42. The van der Waals surface area contributed by atoms with Crippen LogP contribution in [0.1, 0.15) is 44.7 Å². The van der Waals surface area contributed by atoms with Crippen molar-refractivity contribution in [3.63, 3.8) is 0 Å². The molecule has 0 saturated heterocycles. The third-order valence-corrected chi connectivity index (χ3v) is 3.06. The third-order valence-electron chi connectivity index (χ3n) is 3.06. The van der Waals surface area contributed by atoms with Crippen LogP contribution in [0, 0.1) is 6.92 Å². The summed E-state index contributed by atoms with van der Waals surface area (Å²) in [4.78, 5) is 11.6. The molecule has 0 aliphatic heterocycles. The van der Waals surface area contributed by atoms with E-state index in [1.54, 1.807) is 0 Å². The van der Waals surface area contributed by atoms with Gasteiger partial charge in [-0.05, 0) is 57.7 Å². The molecule has 1 saturated carbocycles. The van der Waals surface area contributed by atoms with Gasteiger partial charge >= 0.3 is 6.09 Å². The first-order chi connectivity index (χ1) is 9.33. The number of hydrogen-bond donors (Lipinski definition) is 2. The molecule has 0 unspecified atom stereocenters. The average molecular weight is 276 g/mol. The molecule has 110 valence electrons. The number of nitrogens with one attached hydrogen (secondary N) is 2. The molecule has 1 fully saturated rings. The zero-order valence-electron chi connectivity index (χ0n) is 12.7. The van der Waals surface area contributed by atoms with Crippen LogP contribution in [0.5, 0.6) is 0 Å². The molecule has 1 aromatic carbocycles. The van der Waals surface area contributed by atoms with Crippen molar-refractivity contribution < 1.29 is 9.53 Å². The lowest BCUT2D eigenvalue weighted by molar-refractivity contribution is 0.0523. The molecule has 2 N–H and O–H groups in total. The molecule has 1 aliphatic rings. The molecule has 1 aliphatic carbocycles. The number of amides is 1. The van der Waals surface area contributed by atoms with Crippen LogP contribution in [0.3, 0.4) is 0 Å². The van der Waals surface area contributed by atoms with E-state index in [9.17, 15) is 4.79 Å². The van der Waals surface area contributed by atoms with Crippen molar-refractivity contribution in [2.75, 3.05) is 5.32 Å². The summed E-state index contributed by atoms with van der Waals surface area (Å²) < 4.78 is 5.21. The van der Waals surface area contributed by atoms with Gasteiger partial charge in [0.05, 0.1) is 0 Å². The molecule has 4 nitrogen and oxygen atoms in total. The van der Waals surface area contributed by atoms with Crippen LogP contribution in [0.25, 0.3) is 0 Å². The van der Waals surface area contributed by atoms with Crippen LogP contribution < -0.4 is 10.6 Å². The Morgan fingerprint density at radius 2 is 2.05 bits per heavy atom. The van der Waals surface area contributed by atoms with Crippen LogP contribution in [0.4, 0.5) is 10.5 Å². The Kier molecular flexibility index (Phi) is 4.21. The van der Waals surface area contributed by atoms with Gasteiger partial charge in [0.25, 0.3) is 0 Å². The molecule has 0 aromatic heterocycles. The molecule has 0 heterocycles. The largest absolute Gasteiger partial charge is 0.444 e. The molecular weight excluding hydrogens is 252 g/mol. The van der Waals surface area contributed by atoms with Gasteiger partial charge in [0, 0.05) is 18.3 Å². The van der Waals surface area contributed by atoms with Gasteiger partial charge < -0.3 is 15.4 Å². The van der Waals surface area contributed by atoms with Gasteiger partial charge in [-0.1, -0.05) is 12.1 Å². The van der Waals surface area contributed by atoms with Crippen LogP contribution in [0.15, 0.2) is 18.2 Å². The first-order valence-corrected chi connectivity index (χ1v) is 7.16. The molecule has 20 heavy (non-hydrogen) atoms. The van der Waals surface area contributed by atoms with Crippen molar-refractivity contribution in [2.24, 2.45) is 0 Å². The highest BCUT2D eigenvalue weighted by molar-refractivity contribution is 5.67. The molecule has 4 heteroatoms. The maximum absolute atomic E-state index is 11.6. The lowest BCUT2D eigenvalue weighted by atomic mass is 10.1. The van der Waals surface area contributed by atoms with Gasteiger partial charge in [-0.25, -0.2) is 4.79 Å². The first-order valence-electron chi connectivity index (χ1n) is 7.16. The van der Waals surface area contributed by atoms with E-state index < -0.39 is 5.60 Å². The summed E-state index contributed by atoms with van der Waals surface area (Å²) in [6, 6.07) is 6.87. The number of hydrogen-bond acceptors (Lipinski definition) is 3. The Bertz CT molecular complexity index is 488. The van der Waals surface area contributed by atoms with Crippen molar-refractivity contribution in [1.82, 2.24) is 5.32 Å². The van der Waals surface area contributed by atoms with Crippen molar-refractivity contribution in [3.05, 3.63) is 29.3 Å². The van der Waals surface area contributed by atoms with Gasteiger partial charge in [0.15, 0.2) is 0 Å². The van der Waals surface area contributed by atoms with Gasteiger partial charge in [0.1, 0.15) is 5.60 Å². The highest BCUT2D eigenvalue weighted by atomic mass is 16.6. The Morgan fingerprint density at radius 3 is 2.60 bits per heavy atom. The molecule has 1 aromatic rings. The Labute approximate surface area is 120 Å². The maximum atomic E-state index is 11.6. The zero-order chi connectivity index (χ0) is 14.8. The van der Waals surface area contributed by atoms with Crippen LogP contribution in [-0.2, 0) is 11.3 Å². The van der Waals surface area contributed by atoms with Crippen LogP contribution in [0.2, 0.25) is 0 Å². The molecular formula is C16H24N2O2. The second-order valence-corrected chi connectivity index (χ2v) is 6.42. The number of aryl methyl sites for hydroxylation is 1. The standard InChI is InChI=1S/C16H24N2O2/c1-11-9-12(5-8-14(11)18-13-6-7-13)10-17-15(19)20-16(2,3)4/h5,8-9,13,18H,6-7,10H2,1-4H3,(H,17,19). The summed E-state index contributed by atoms with van der Waals surface area (Å²) in [5.74, 6) is 0. The number of rotatable bonds is 4. The Balaban J connectivity index is 1.86. The number of alkyl carbamates (subject to hydrolysis) is 1. The summed E-state index contributed by atoms with van der Waals surface area (Å²) in [5, 5.41) is 6.27. The van der Waals surface area contributed by atoms with E-state index >= 15 is 0 Å². The Hall–Kier alpha value is -1.71. The summed E-state index contributed by atoms with van der Waals surface area (Å²) in [6.07, 6.45) is 2.15. The molecule has 1 amide bonds. The third kappa shape index (κ3) is 4.76. The van der Waals surface area contributed by atoms with Crippen LogP contribution in [-0.4, -0.2) is 17.7 Å². The number of carbonyl (C=O) groups is 1. The summed E-state index contributed by atoms with van der Waals surface area (Å²) in [7, 11) is 0. The summed E-state index contributed by atoms with van der Waals surface area (Å²) in [5.41, 5.74) is 3.02. The number of benzene rings is 1. The first kappa shape index (κ1) is 14.7. The molecule has 0 bridgehead atoms. The van der Waals surface area contributed by atoms with Crippen LogP contribution >= 0.6 is 0 Å². The zero-order valence-corrected chi connectivity index (χ0v) is 12.7. The smallest absolute Gasteiger partial charge is 0.407 e. The van der Waals surface area contributed by atoms with E-state index in [-0.39, 0.29) is 6.09 Å². The fourth-order valence-corrected chi connectivity index (χ4v) is 1.93. The normalized spacial score (nSPS) is 14.8. The average Bonchev–Trinajstić information content (AvgIpc) is 3.11. The summed E-state index contributed by atoms with van der Waals surface area (Å²) in [6.45, 7) is 8.14. The molecule has 0 atom stereocenters.